The van der Waals surface area contributed by atoms with Crippen LogP contribution in [0.4, 0.5) is 0 Å². The highest BCUT2D eigenvalue weighted by Gasteiger charge is 2.24. The molecule has 1 unspecified atom stereocenters. The average Bonchev–Trinajstić information content (AvgIpc) is 2.46. The Bertz CT molecular complexity index is 758. The van der Waals surface area contributed by atoms with Crippen LogP contribution in [0.1, 0.15) is 21.8 Å². The summed E-state index contributed by atoms with van der Waals surface area (Å²) in [6.45, 7) is 0. The van der Waals surface area contributed by atoms with Crippen molar-refractivity contribution in [2.75, 3.05) is 0 Å². The van der Waals surface area contributed by atoms with Gasteiger partial charge in [0.2, 0.25) is 0 Å². The minimum absolute atomic E-state index is 0.262. The molecule has 0 radical (unpaired) electrons. The number of hydrogen-bond acceptors (Lipinski definition) is 2. The number of Topliss-reactive ketones (excluding diaryl/α,β-unsaturated/α-hetero) is 1. The molecule has 0 aliphatic carbocycles. The Morgan fingerprint density at radius 3 is 2.52 bits per heavy atom. The van der Waals surface area contributed by atoms with Crippen LogP contribution in [0, 0.1) is 14.9 Å². The average molecular weight is 495 g/mol. The second-order valence-electron chi connectivity index (χ2n) is 4.22. The highest BCUT2D eigenvalue weighted by Crippen LogP contribution is 2.30. The number of hydrogen-bond donors (Lipinski definition) is 0. The Balaban J connectivity index is 2.46. The number of nitrogens with zero attached hydrogens (tertiary/aromatic N) is 1. The summed E-state index contributed by atoms with van der Waals surface area (Å²) in [5, 5.41) is 10.1. The number of benzene rings is 2. The maximum atomic E-state index is 12.6. The fourth-order valence-electron chi connectivity index (χ4n) is 1.82. The monoisotopic (exact) mass is 493 g/mol. The first-order valence-corrected chi connectivity index (χ1v) is 8.40. The van der Waals surface area contributed by atoms with Gasteiger partial charge in [0.25, 0.3) is 0 Å². The van der Waals surface area contributed by atoms with Crippen LogP contribution in [0.2, 0.25) is 10.0 Å². The lowest BCUT2D eigenvalue weighted by Gasteiger charge is -2.11. The van der Waals surface area contributed by atoms with E-state index in [0.29, 0.717) is 21.2 Å². The van der Waals surface area contributed by atoms with E-state index in [2.05, 4.69) is 38.5 Å². The zero-order chi connectivity index (χ0) is 15.6. The normalized spacial score (nSPS) is 11.8. The lowest BCUT2D eigenvalue weighted by Crippen LogP contribution is -2.12. The fourth-order valence-corrected chi connectivity index (χ4v) is 3.09. The van der Waals surface area contributed by atoms with Crippen LogP contribution in [0.3, 0.4) is 0 Å². The van der Waals surface area contributed by atoms with Crippen molar-refractivity contribution in [3.63, 3.8) is 0 Å². The summed E-state index contributed by atoms with van der Waals surface area (Å²) in [4.78, 5) is 12.6. The molecular formula is C15H7BrCl2INO. The van der Waals surface area contributed by atoms with Crippen LogP contribution in [0.25, 0.3) is 0 Å². The van der Waals surface area contributed by atoms with E-state index in [4.69, 9.17) is 23.2 Å². The topological polar surface area (TPSA) is 40.9 Å². The maximum absolute atomic E-state index is 12.6. The smallest absolute Gasteiger partial charge is 0.185 e. The molecule has 0 bridgehead atoms. The van der Waals surface area contributed by atoms with Crippen molar-refractivity contribution in [1.29, 1.82) is 5.26 Å². The molecule has 0 saturated heterocycles. The Morgan fingerprint density at radius 1 is 1.19 bits per heavy atom. The van der Waals surface area contributed by atoms with Crippen molar-refractivity contribution in [3.05, 3.63) is 65.6 Å². The number of halogens is 4. The van der Waals surface area contributed by atoms with Crippen LogP contribution in [0.15, 0.2) is 40.9 Å². The SMILES string of the molecule is N#CC(C(=O)c1cc(Br)ccc1I)c1ccc(Cl)c(Cl)c1. The lowest BCUT2D eigenvalue weighted by molar-refractivity contribution is 0.0978. The van der Waals surface area contributed by atoms with Crippen molar-refractivity contribution in [3.8, 4) is 6.07 Å². The second-order valence-corrected chi connectivity index (χ2v) is 7.12. The van der Waals surface area contributed by atoms with Crippen molar-refractivity contribution in [2.45, 2.75) is 5.92 Å². The van der Waals surface area contributed by atoms with Gasteiger partial charge >= 0.3 is 0 Å². The van der Waals surface area contributed by atoms with Gasteiger partial charge in [-0.05, 0) is 58.5 Å². The molecule has 1 atom stereocenters. The highest BCUT2D eigenvalue weighted by molar-refractivity contribution is 14.1. The molecular weight excluding hydrogens is 488 g/mol. The summed E-state index contributed by atoms with van der Waals surface area (Å²) in [5.41, 5.74) is 1.04. The Labute approximate surface area is 154 Å². The first-order chi connectivity index (χ1) is 9.93. The van der Waals surface area contributed by atoms with Gasteiger partial charge in [-0.3, -0.25) is 4.79 Å². The number of rotatable bonds is 3. The third-order valence-corrected chi connectivity index (χ3v) is 5.04. The van der Waals surface area contributed by atoms with Gasteiger partial charge in [0.1, 0.15) is 5.92 Å². The predicted molar refractivity (Wildman–Crippen MR) is 96.0 cm³/mol. The van der Waals surface area contributed by atoms with Crippen LogP contribution in [-0.2, 0) is 0 Å². The number of carbonyl (C=O) groups is 1. The number of nitriles is 1. The minimum Gasteiger partial charge on any atom is -0.292 e. The van der Waals surface area contributed by atoms with Crippen molar-refractivity contribution < 1.29 is 4.79 Å². The number of carbonyl (C=O) groups excluding carboxylic acids is 1. The first-order valence-electron chi connectivity index (χ1n) is 5.78. The standard InChI is InChI=1S/C15H7BrCl2INO/c16-9-2-4-14(19)10(6-9)15(21)11(7-20)8-1-3-12(17)13(18)5-8/h1-6,11H. The lowest BCUT2D eigenvalue weighted by atomic mass is 9.92. The van der Waals surface area contributed by atoms with E-state index in [1.54, 1.807) is 24.3 Å². The largest absolute Gasteiger partial charge is 0.292 e. The molecule has 0 aliphatic rings. The summed E-state index contributed by atoms with van der Waals surface area (Å²) < 4.78 is 1.58. The Kier molecular flexibility index (Phi) is 5.67. The highest BCUT2D eigenvalue weighted by atomic mass is 127. The minimum atomic E-state index is -0.914. The Morgan fingerprint density at radius 2 is 1.90 bits per heavy atom. The van der Waals surface area contributed by atoms with Gasteiger partial charge in [-0.1, -0.05) is 45.2 Å². The third-order valence-electron chi connectivity index (χ3n) is 2.86. The molecule has 2 rings (SSSR count). The molecule has 6 heteroatoms. The van der Waals surface area contributed by atoms with E-state index in [9.17, 15) is 10.1 Å². The van der Waals surface area contributed by atoms with E-state index < -0.39 is 5.92 Å². The molecule has 2 aromatic rings. The van der Waals surface area contributed by atoms with Gasteiger partial charge in [0.05, 0.1) is 16.1 Å². The summed E-state index contributed by atoms with van der Waals surface area (Å²) in [6, 6.07) is 12.2. The molecule has 0 amide bonds. The molecule has 0 saturated carbocycles. The van der Waals surface area contributed by atoms with Gasteiger partial charge in [-0.25, -0.2) is 0 Å². The van der Waals surface area contributed by atoms with Crippen LogP contribution >= 0.6 is 61.7 Å². The second kappa shape index (κ2) is 7.10. The summed E-state index contributed by atoms with van der Waals surface area (Å²) in [5.74, 6) is -1.18. The Hall–Kier alpha value is -0.610. The van der Waals surface area contributed by atoms with E-state index in [1.807, 2.05) is 18.2 Å². The zero-order valence-corrected chi connectivity index (χ0v) is 15.7. The summed E-state index contributed by atoms with van der Waals surface area (Å²) >= 11 is 17.2. The van der Waals surface area contributed by atoms with E-state index in [0.717, 1.165) is 8.04 Å². The van der Waals surface area contributed by atoms with E-state index in [1.165, 1.54) is 0 Å². The summed E-state index contributed by atoms with van der Waals surface area (Å²) in [7, 11) is 0. The van der Waals surface area contributed by atoms with Crippen LogP contribution in [-0.4, -0.2) is 5.78 Å². The van der Waals surface area contributed by atoms with Crippen LogP contribution in [0.5, 0.6) is 0 Å². The van der Waals surface area contributed by atoms with Crippen molar-refractivity contribution in [2.24, 2.45) is 0 Å². The molecule has 0 heterocycles. The molecule has 106 valence electrons. The van der Waals surface area contributed by atoms with E-state index in [-0.39, 0.29) is 5.78 Å². The zero-order valence-electron chi connectivity index (χ0n) is 10.4. The number of ketones is 1. The van der Waals surface area contributed by atoms with Gasteiger partial charge in [0.15, 0.2) is 5.78 Å². The van der Waals surface area contributed by atoms with Crippen molar-refractivity contribution >= 4 is 67.5 Å². The predicted octanol–water partition coefficient (Wildman–Crippen LogP) is 5.85. The van der Waals surface area contributed by atoms with Crippen molar-refractivity contribution in [1.82, 2.24) is 0 Å². The molecule has 0 fully saturated rings. The molecule has 0 aliphatic heterocycles. The molecule has 0 N–H and O–H groups in total. The molecule has 0 aromatic heterocycles. The van der Waals surface area contributed by atoms with Gasteiger partial charge in [0, 0.05) is 13.6 Å². The van der Waals surface area contributed by atoms with Gasteiger partial charge < -0.3 is 0 Å². The first kappa shape index (κ1) is 16.8. The molecule has 21 heavy (non-hydrogen) atoms. The maximum Gasteiger partial charge on any atom is 0.185 e. The van der Waals surface area contributed by atoms with Gasteiger partial charge in [-0.2, -0.15) is 5.26 Å². The fraction of sp³-hybridized carbons (Fsp3) is 0.0667. The molecule has 2 nitrogen and oxygen atoms in total. The quantitative estimate of drug-likeness (QED) is 0.396. The van der Waals surface area contributed by atoms with Crippen LogP contribution < -0.4 is 0 Å². The molecule has 0 spiro atoms. The summed E-state index contributed by atoms with van der Waals surface area (Å²) in [6.07, 6.45) is 0. The van der Waals surface area contributed by atoms with E-state index >= 15 is 0 Å². The molecule has 2 aromatic carbocycles. The third kappa shape index (κ3) is 3.78. The van der Waals surface area contributed by atoms with Gasteiger partial charge in [-0.15, -0.1) is 0 Å².